The Bertz CT molecular complexity index is 396. The van der Waals surface area contributed by atoms with Crippen molar-refractivity contribution in [2.45, 2.75) is 20.0 Å². The van der Waals surface area contributed by atoms with Gasteiger partial charge in [0.2, 0.25) is 0 Å². The van der Waals surface area contributed by atoms with Crippen LogP contribution in [0.25, 0.3) is 0 Å². The molecule has 0 fully saturated rings. The number of rotatable bonds is 4. The maximum Gasteiger partial charge on any atom is 0.107 e. The predicted molar refractivity (Wildman–Crippen MR) is 69.4 cm³/mol. The molecule has 2 heterocycles. The molecule has 2 aromatic rings. The lowest BCUT2D eigenvalue weighted by molar-refractivity contribution is 0.696. The molecular formula is C10H11BrN2S2. The molecule has 0 atom stereocenters. The van der Waals surface area contributed by atoms with Crippen LogP contribution < -0.4 is 5.32 Å². The lowest BCUT2D eigenvalue weighted by atomic mass is 10.4. The van der Waals surface area contributed by atoms with Gasteiger partial charge in [-0.1, -0.05) is 0 Å². The number of hydrogen-bond donors (Lipinski definition) is 1. The van der Waals surface area contributed by atoms with Crippen molar-refractivity contribution in [3.63, 3.8) is 0 Å². The third-order valence-electron chi connectivity index (χ3n) is 1.86. The van der Waals surface area contributed by atoms with E-state index in [1.807, 2.05) is 6.92 Å². The lowest BCUT2D eigenvalue weighted by Crippen LogP contribution is -2.11. The van der Waals surface area contributed by atoms with E-state index in [2.05, 4.69) is 43.1 Å². The average Bonchev–Trinajstić information content (AvgIpc) is 2.76. The van der Waals surface area contributed by atoms with Gasteiger partial charge in [-0.25, -0.2) is 4.98 Å². The Morgan fingerprint density at radius 2 is 2.20 bits per heavy atom. The number of nitrogens with zero attached hydrogens (tertiary/aromatic N) is 1. The highest BCUT2D eigenvalue weighted by Gasteiger charge is 2.00. The first-order valence-corrected chi connectivity index (χ1v) is 7.14. The van der Waals surface area contributed by atoms with E-state index in [4.69, 9.17) is 0 Å². The van der Waals surface area contributed by atoms with Crippen molar-refractivity contribution < 1.29 is 0 Å². The summed E-state index contributed by atoms with van der Waals surface area (Å²) in [7, 11) is 0. The molecule has 2 nitrogen and oxygen atoms in total. The highest BCUT2D eigenvalue weighted by Crippen LogP contribution is 2.19. The van der Waals surface area contributed by atoms with Crippen molar-refractivity contribution >= 4 is 38.6 Å². The molecule has 5 heteroatoms. The molecule has 1 N–H and O–H groups in total. The maximum atomic E-state index is 4.40. The molecule has 0 aliphatic rings. The molecule has 0 spiro atoms. The minimum absolute atomic E-state index is 0.855. The van der Waals surface area contributed by atoms with Crippen molar-refractivity contribution in [3.05, 3.63) is 36.9 Å². The predicted octanol–water partition coefficient (Wildman–Crippen LogP) is 3.57. The molecule has 0 unspecified atom stereocenters. The van der Waals surface area contributed by atoms with E-state index in [0.717, 1.165) is 28.3 Å². The molecule has 0 aliphatic carbocycles. The Balaban J connectivity index is 1.80. The van der Waals surface area contributed by atoms with E-state index in [0.29, 0.717) is 0 Å². The number of nitrogens with one attached hydrogen (secondary N) is 1. The first-order valence-electron chi connectivity index (χ1n) is 4.58. The summed E-state index contributed by atoms with van der Waals surface area (Å²) in [5.41, 5.74) is 1.11. The van der Waals surface area contributed by atoms with Gasteiger partial charge in [0.05, 0.1) is 0 Å². The molecule has 0 saturated heterocycles. The normalized spacial score (nSPS) is 10.8. The summed E-state index contributed by atoms with van der Waals surface area (Å²) in [6.45, 7) is 3.79. The van der Waals surface area contributed by atoms with Crippen molar-refractivity contribution in [3.8, 4) is 0 Å². The van der Waals surface area contributed by atoms with Gasteiger partial charge in [-0.3, -0.25) is 0 Å². The Morgan fingerprint density at radius 1 is 1.33 bits per heavy atom. The lowest BCUT2D eigenvalue weighted by Gasteiger charge is -1.98. The van der Waals surface area contributed by atoms with Gasteiger partial charge in [-0.15, -0.1) is 22.7 Å². The van der Waals surface area contributed by atoms with Gasteiger partial charge in [0, 0.05) is 38.9 Å². The topological polar surface area (TPSA) is 24.9 Å². The highest BCUT2D eigenvalue weighted by molar-refractivity contribution is 9.10. The molecule has 2 rings (SSSR count). The van der Waals surface area contributed by atoms with Gasteiger partial charge in [0.1, 0.15) is 5.01 Å². The summed E-state index contributed by atoms with van der Waals surface area (Å²) in [6.07, 6.45) is 0. The van der Waals surface area contributed by atoms with Crippen LogP contribution in [0.2, 0.25) is 0 Å². The molecular weight excluding hydrogens is 292 g/mol. The summed E-state index contributed by atoms with van der Waals surface area (Å²) in [6, 6.07) is 2.14. The standard InChI is InChI=1S/C10H11BrN2S2/c1-7-5-15-10(13-7)4-12-3-9-2-8(11)6-14-9/h2,5-6,12H,3-4H2,1H3. The second-order valence-corrected chi connectivity index (χ2v) is 6.07. The zero-order valence-corrected chi connectivity index (χ0v) is 11.5. The van der Waals surface area contributed by atoms with E-state index >= 15 is 0 Å². The summed E-state index contributed by atoms with van der Waals surface area (Å²) >= 11 is 6.92. The Hall–Kier alpha value is -0.230. The molecule has 0 amide bonds. The molecule has 80 valence electrons. The van der Waals surface area contributed by atoms with Crippen LogP contribution in [0, 0.1) is 6.92 Å². The SMILES string of the molecule is Cc1csc(CNCc2cc(Br)cs2)n1. The third-order valence-corrected chi connectivity index (χ3v) is 4.53. The van der Waals surface area contributed by atoms with Crippen molar-refractivity contribution in [2.75, 3.05) is 0 Å². The fraction of sp³-hybridized carbons (Fsp3) is 0.300. The average molecular weight is 303 g/mol. The number of hydrogen-bond acceptors (Lipinski definition) is 4. The molecule has 0 aromatic carbocycles. The molecule has 0 bridgehead atoms. The van der Waals surface area contributed by atoms with Crippen LogP contribution >= 0.6 is 38.6 Å². The minimum atomic E-state index is 0.855. The fourth-order valence-corrected chi connectivity index (χ4v) is 3.39. The first-order chi connectivity index (χ1) is 7.24. The zero-order chi connectivity index (χ0) is 10.7. The number of thiophene rings is 1. The molecule has 15 heavy (non-hydrogen) atoms. The third kappa shape index (κ3) is 3.38. The van der Waals surface area contributed by atoms with Crippen molar-refractivity contribution in [1.82, 2.24) is 10.3 Å². The largest absolute Gasteiger partial charge is 0.306 e. The van der Waals surface area contributed by atoms with Gasteiger partial charge in [0.15, 0.2) is 0 Å². The summed E-state index contributed by atoms with van der Waals surface area (Å²) < 4.78 is 1.16. The van der Waals surface area contributed by atoms with Gasteiger partial charge in [-0.2, -0.15) is 0 Å². The first kappa shape index (κ1) is 11.3. The van der Waals surface area contributed by atoms with Gasteiger partial charge in [0.25, 0.3) is 0 Å². The summed E-state index contributed by atoms with van der Waals surface area (Å²) in [5.74, 6) is 0. The van der Waals surface area contributed by atoms with Crippen LogP contribution in [-0.2, 0) is 13.1 Å². The van der Waals surface area contributed by atoms with Crippen molar-refractivity contribution in [2.24, 2.45) is 0 Å². The van der Waals surface area contributed by atoms with Gasteiger partial charge < -0.3 is 5.32 Å². The second kappa shape index (κ2) is 5.21. The smallest absolute Gasteiger partial charge is 0.107 e. The molecule has 0 radical (unpaired) electrons. The number of aromatic nitrogens is 1. The monoisotopic (exact) mass is 302 g/mol. The quantitative estimate of drug-likeness (QED) is 0.934. The Labute approximate surface area is 106 Å². The molecule has 2 aromatic heterocycles. The number of halogens is 1. The molecule has 0 saturated carbocycles. The zero-order valence-electron chi connectivity index (χ0n) is 8.29. The Morgan fingerprint density at radius 3 is 2.80 bits per heavy atom. The van der Waals surface area contributed by atoms with Crippen molar-refractivity contribution in [1.29, 1.82) is 0 Å². The van der Waals surface area contributed by atoms with E-state index in [9.17, 15) is 0 Å². The second-order valence-electron chi connectivity index (χ2n) is 3.22. The summed E-state index contributed by atoms with van der Waals surface area (Å²) in [4.78, 5) is 5.74. The highest BCUT2D eigenvalue weighted by atomic mass is 79.9. The summed E-state index contributed by atoms with van der Waals surface area (Å²) in [5, 5.41) is 8.72. The number of aryl methyl sites for hydroxylation is 1. The minimum Gasteiger partial charge on any atom is -0.306 e. The van der Waals surface area contributed by atoms with Crippen LogP contribution in [0.4, 0.5) is 0 Å². The van der Waals surface area contributed by atoms with Gasteiger partial charge in [-0.05, 0) is 28.9 Å². The van der Waals surface area contributed by atoms with E-state index in [1.165, 1.54) is 4.88 Å². The van der Waals surface area contributed by atoms with Crippen LogP contribution in [0.5, 0.6) is 0 Å². The van der Waals surface area contributed by atoms with Crippen LogP contribution in [0.15, 0.2) is 21.3 Å². The Kier molecular flexibility index (Phi) is 3.91. The van der Waals surface area contributed by atoms with E-state index in [-0.39, 0.29) is 0 Å². The van der Waals surface area contributed by atoms with Crippen LogP contribution in [0.3, 0.4) is 0 Å². The maximum absolute atomic E-state index is 4.40. The van der Waals surface area contributed by atoms with E-state index < -0.39 is 0 Å². The molecule has 0 aliphatic heterocycles. The van der Waals surface area contributed by atoms with Gasteiger partial charge >= 0.3 is 0 Å². The van der Waals surface area contributed by atoms with Crippen LogP contribution in [0.1, 0.15) is 15.6 Å². The van der Waals surface area contributed by atoms with E-state index in [1.54, 1.807) is 22.7 Å². The fourth-order valence-electron chi connectivity index (χ4n) is 1.22. The van der Waals surface area contributed by atoms with Crippen LogP contribution in [-0.4, -0.2) is 4.98 Å². The number of thiazole rings is 1.